The van der Waals surface area contributed by atoms with Gasteiger partial charge in [-0.05, 0) is 78.9 Å². The molecule has 1 aliphatic rings. The molecule has 7 heteroatoms. The van der Waals surface area contributed by atoms with Crippen molar-refractivity contribution in [3.8, 4) is 5.75 Å². The second-order valence-electron chi connectivity index (χ2n) is 8.56. The number of para-hydroxylation sites is 1. The number of amides is 1. The van der Waals surface area contributed by atoms with Crippen molar-refractivity contribution in [3.63, 3.8) is 0 Å². The molecule has 0 spiro atoms. The topological polar surface area (TPSA) is 66.0 Å². The van der Waals surface area contributed by atoms with E-state index >= 15 is 0 Å². The first-order valence-electron chi connectivity index (χ1n) is 11.9. The SMILES string of the molecule is COc1ccc(/C=N/NC(=O)CCCNc2ccc(Cl)cc2)cc1CN1CCCc2ccccc21. The van der Waals surface area contributed by atoms with Gasteiger partial charge >= 0.3 is 0 Å². The van der Waals surface area contributed by atoms with Gasteiger partial charge in [-0.1, -0.05) is 29.8 Å². The highest BCUT2D eigenvalue weighted by Gasteiger charge is 2.18. The van der Waals surface area contributed by atoms with Gasteiger partial charge in [0.25, 0.3) is 0 Å². The number of methoxy groups -OCH3 is 1. The maximum atomic E-state index is 12.1. The third-order valence-electron chi connectivity index (χ3n) is 6.03. The lowest BCUT2D eigenvalue weighted by Gasteiger charge is -2.31. The lowest BCUT2D eigenvalue weighted by Crippen LogP contribution is -2.29. The molecule has 0 bridgehead atoms. The number of halogens is 1. The molecule has 1 amide bonds. The van der Waals surface area contributed by atoms with E-state index in [9.17, 15) is 4.79 Å². The molecule has 0 aliphatic carbocycles. The predicted molar refractivity (Wildman–Crippen MR) is 144 cm³/mol. The van der Waals surface area contributed by atoms with Crippen molar-refractivity contribution in [2.75, 3.05) is 30.4 Å². The van der Waals surface area contributed by atoms with Gasteiger partial charge in [-0.25, -0.2) is 5.43 Å². The maximum Gasteiger partial charge on any atom is 0.240 e. The third kappa shape index (κ3) is 6.99. The summed E-state index contributed by atoms with van der Waals surface area (Å²) in [6.45, 7) is 2.47. The number of carbonyl (C=O) groups excluding carboxylic acids is 1. The summed E-state index contributed by atoms with van der Waals surface area (Å²) < 4.78 is 5.61. The van der Waals surface area contributed by atoms with E-state index < -0.39 is 0 Å². The smallest absolute Gasteiger partial charge is 0.240 e. The van der Waals surface area contributed by atoms with Crippen molar-refractivity contribution in [3.05, 3.63) is 88.4 Å². The molecule has 182 valence electrons. The van der Waals surface area contributed by atoms with Crippen molar-refractivity contribution in [1.29, 1.82) is 0 Å². The fourth-order valence-electron chi connectivity index (χ4n) is 4.27. The van der Waals surface area contributed by atoms with Crippen LogP contribution in [0.2, 0.25) is 5.02 Å². The summed E-state index contributed by atoms with van der Waals surface area (Å²) in [5, 5.41) is 8.13. The Morgan fingerprint density at radius 3 is 2.80 bits per heavy atom. The van der Waals surface area contributed by atoms with Crippen molar-refractivity contribution in [2.45, 2.75) is 32.2 Å². The molecular weight excluding hydrogens is 460 g/mol. The van der Waals surface area contributed by atoms with Crippen molar-refractivity contribution in [2.24, 2.45) is 5.10 Å². The number of nitrogens with one attached hydrogen (secondary N) is 2. The van der Waals surface area contributed by atoms with Crippen LogP contribution in [-0.2, 0) is 17.8 Å². The van der Waals surface area contributed by atoms with Crippen molar-refractivity contribution in [1.82, 2.24) is 5.43 Å². The van der Waals surface area contributed by atoms with Crippen LogP contribution in [0, 0.1) is 0 Å². The van der Waals surface area contributed by atoms with Gasteiger partial charge < -0.3 is 15.0 Å². The van der Waals surface area contributed by atoms with E-state index in [1.54, 1.807) is 13.3 Å². The average molecular weight is 491 g/mol. The van der Waals surface area contributed by atoms with Gasteiger partial charge in [-0.3, -0.25) is 4.79 Å². The number of fused-ring (bicyclic) bond motifs is 1. The zero-order valence-electron chi connectivity index (χ0n) is 20.0. The Balaban J connectivity index is 1.29. The van der Waals surface area contributed by atoms with E-state index in [1.165, 1.54) is 11.3 Å². The molecule has 0 fully saturated rings. The third-order valence-corrected chi connectivity index (χ3v) is 6.28. The minimum atomic E-state index is -0.113. The van der Waals surface area contributed by atoms with E-state index in [0.717, 1.165) is 48.5 Å². The number of hydrazone groups is 1. The highest BCUT2D eigenvalue weighted by atomic mass is 35.5. The fourth-order valence-corrected chi connectivity index (χ4v) is 4.39. The number of aryl methyl sites for hydroxylation is 1. The Bertz CT molecular complexity index is 1160. The lowest BCUT2D eigenvalue weighted by atomic mass is 10.0. The molecule has 0 unspecified atom stereocenters. The van der Waals surface area contributed by atoms with Gasteiger partial charge in [-0.2, -0.15) is 5.10 Å². The molecule has 6 nitrogen and oxygen atoms in total. The molecule has 35 heavy (non-hydrogen) atoms. The fraction of sp³-hybridized carbons (Fsp3) is 0.286. The summed E-state index contributed by atoms with van der Waals surface area (Å²) in [6.07, 6.45) is 5.03. The van der Waals surface area contributed by atoms with Crippen LogP contribution in [0.25, 0.3) is 0 Å². The van der Waals surface area contributed by atoms with Gasteiger partial charge in [0, 0.05) is 48.0 Å². The van der Waals surface area contributed by atoms with E-state index in [1.807, 2.05) is 36.4 Å². The molecule has 3 aromatic rings. The average Bonchev–Trinajstić information content (AvgIpc) is 2.88. The molecule has 1 heterocycles. The minimum Gasteiger partial charge on any atom is -0.496 e. The van der Waals surface area contributed by atoms with Crippen LogP contribution in [0.15, 0.2) is 71.8 Å². The summed E-state index contributed by atoms with van der Waals surface area (Å²) in [5.41, 5.74) is 8.29. The molecule has 3 aromatic carbocycles. The molecule has 0 saturated heterocycles. The first kappa shape index (κ1) is 24.6. The second-order valence-corrected chi connectivity index (χ2v) is 8.99. The molecule has 0 aromatic heterocycles. The number of nitrogens with zero attached hydrogens (tertiary/aromatic N) is 2. The molecule has 0 saturated carbocycles. The highest BCUT2D eigenvalue weighted by molar-refractivity contribution is 6.30. The number of benzene rings is 3. The van der Waals surface area contributed by atoms with Gasteiger partial charge in [0.15, 0.2) is 0 Å². The highest BCUT2D eigenvalue weighted by Crippen LogP contribution is 2.30. The Hall–Kier alpha value is -3.51. The Labute approximate surface area is 211 Å². The van der Waals surface area contributed by atoms with Crippen LogP contribution in [0.1, 0.15) is 36.0 Å². The van der Waals surface area contributed by atoms with Gasteiger partial charge in [-0.15, -0.1) is 0 Å². The number of anilines is 2. The first-order chi connectivity index (χ1) is 17.1. The van der Waals surface area contributed by atoms with Gasteiger partial charge in [0.05, 0.1) is 13.3 Å². The van der Waals surface area contributed by atoms with E-state index in [0.29, 0.717) is 24.4 Å². The normalized spacial score (nSPS) is 12.9. The van der Waals surface area contributed by atoms with Crippen LogP contribution in [0.4, 0.5) is 11.4 Å². The lowest BCUT2D eigenvalue weighted by molar-refractivity contribution is -0.121. The second kappa shape index (κ2) is 12.3. The van der Waals surface area contributed by atoms with Crippen LogP contribution >= 0.6 is 11.6 Å². The zero-order chi connectivity index (χ0) is 24.5. The molecule has 0 radical (unpaired) electrons. The summed E-state index contributed by atoms with van der Waals surface area (Å²) in [5.74, 6) is 0.736. The van der Waals surface area contributed by atoms with Crippen LogP contribution in [-0.4, -0.2) is 32.3 Å². The van der Waals surface area contributed by atoms with E-state index in [-0.39, 0.29) is 5.91 Å². The number of hydrogen-bond acceptors (Lipinski definition) is 5. The summed E-state index contributed by atoms with van der Waals surface area (Å²) in [4.78, 5) is 14.5. The first-order valence-corrected chi connectivity index (χ1v) is 12.3. The van der Waals surface area contributed by atoms with Crippen molar-refractivity contribution >= 4 is 35.1 Å². The quantitative estimate of drug-likeness (QED) is 0.219. The van der Waals surface area contributed by atoms with Crippen LogP contribution in [0.3, 0.4) is 0 Å². The molecule has 1 aliphatic heterocycles. The number of rotatable bonds is 10. The zero-order valence-corrected chi connectivity index (χ0v) is 20.7. The van der Waals surface area contributed by atoms with Crippen molar-refractivity contribution < 1.29 is 9.53 Å². The molecule has 2 N–H and O–H groups in total. The molecule has 4 rings (SSSR count). The Kier molecular flexibility index (Phi) is 8.63. The van der Waals surface area contributed by atoms with Crippen LogP contribution < -0.4 is 20.4 Å². The Morgan fingerprint density at radius 1 is 1.14 bits per heavy atom. The Morgan fingerprint density at radius 2 is 1.97 bits per heavy atom. The standard InChI is InChI=1S/C28H31ClN4O2/c1-35-27-15-10-21(18-23(27)20-33-17-5-7-22-6-2-3-8-26(22)33)19-31-32-28(34)9-4-16-30-25-13-11-24(29)12-14-25/h2-3,6,8,10-15,18-19,30H,4-5,7,9,16-17,20H2,1H3,(H,32,34)/b31-19+. The largest absolute Gasteiger partial charge is 0.496 e. The summed E-state index contributed by atoms with van der Waals surface area (Å²) >= 11 is 5.89. The van der Waals surface area contributed by atoms with E-state index in [4.69, 9.17) is 16.3 Å². The predicted octanol–water partition coefficient (Wildman–Crippen LogP) is 5.64. The minimum absolute atomic E-state index is 0.113. The van der Waals surface area contributed by atoms with Crippen LogP contribution in [0.5, 0.6) is 5.75 Å². The maximum absolute atomic E-state index is 12.1. The molecule has 0 atom stereocenters. The van der Waals surface area contributed by atoms with Gasteiger partial charge in [0.1, 0.15) is 5.75 Å². The number of ether oxygens (including phenoxy) is 1. The van der Waals surface area contributed by atoms with E-state index in [2.05, 4.69) is 51.1 Å². The summed E-state index contributed by atoms with van der Waals surface area (Å²) in [6, 6.07) is 22.1. The monoisotopic (exact) mass is 490 g/mol. The van der Waals surface area contributed by atoms with Gasteiger partial charge in [0.2, 0.25) is 5.91 Å². The number of hydrogen-bond donors (Lipinski definition) is 2. The summed E-state index contributed by atoms with van der Waals surface area (Å²) in [7, 11) is 1.69. The number of carbonyl (C=O) groups is 1. The molecular formula is C28H31ClN4O2.